The molecule has 0 saturated heterocycles. The normalized spacial score (nSPS) is 11.1. The maximum Gasteiger partial charge on any atom is 0.329 e. The van der Waals surface area contributed by atoms with E-state index >= 15 is 0 Å². The number of hydrogen-bond donors (Lipinski definition) is 2. The molecule has 1 amide bonds. The number of nitrogens with one attached hydrogen (secondary N) is 2. The average molecular weight is 397 g/mol. The van der Waals surface area contributed by atoms with Gasteiger partial charge in [-0.05, 0) is 24.5 Å². The molecule has 0 spiro atoms. The van der Waals surface area contributed by atoms with Crippen molar-refractivity contribution in [3.63, 3.8) is 0 Å². The van der Waals surface area contributed by atoms with Crippen LogP contribution in [-0.2, 0) is 6.54 Å². The van der Waals surface area contributed by atoms with Gasteiger partial charge in [-0.1, -0.05) is 20.8 Å². The standard InChI is InChI=1S/C20H23N5O4/c1-5-8-25-17-16(19(27)24-20(25)28)13(9-14(23-17)11(2)3)18(26)22-12-6-7-15(29-4)21-10-12/h6-7,9-11H,5,8H2,1-4H3,(H,22,26)(H,24,27,28). The summed E-state index contributed by atoms with van der Waals surface area (Å²) in [7, 11) is 1.50. The van der Waals surface area contributed by atoms with E-state index in [1.165, 1.54) is 17.9 Å². The number of aromatic nitrogens is 4. The van der Waals surface area contributed by atoms with Crippen LogP contribution in [0.25, 0.3) is 11.0 Å². The molecule has 3 heterocycles. The second-order valence-electron chi connectivity index (χ2n) is 6.90. The lowest BCUT2D eigenvalue weighted by Crippen LogP contribution is -2.32. The minimum Gasteiger partial charge on any atom is -0.481 e. The lowest BCUT2D eigenvalue weighted by Gasteiger charge is -2.14. The first-order chi connectivity index (χ1) is 13.8. The minimum atomic E-state index is -0.641. The van der Waals surface area contributed by atoms with Crippen molar-refractivity contribution in [1.82, 2.24) is 19.5 Å². The van der Waals surface area contributed by atoms with Crippen molar-refractivity contribution in [3.05, 3.63) is 56.5 Å². The molecule has 3 aromatic rings. The zero-order valence-corrected chi connectivity index (χ0v) is 16.8. The number of fused-ring (bicyclic) bond motifs is 1. The van der Waals surface area contributed by atoms with Crippen molar-refractivity contribution in [2.45, 2.75) is 39.7 Å². The molecule has 29 heavy (non-hydrogen) atoms. The largest absolute Gasteiger partial charge is 0.481 e. The molecule has 0 aliphatic heterocycles. The quantitative estimate of drug-likeness (QED) is 0.659. The molecule has 0 atom stereocenters. The van der Waals surface area contributed by atoms with Gasteiger partial charge in [-0.25, -0.2) is 14.8 Å². The van der Waals surface area contributed by atoms with E-state index in [0.717, 1.165) is 0 Å². The number of anilines is 1. The predicted octanol–water partition coefficient (Wildman–Crippen LogP) is 2.27. The van der Waals surface area contributed by atoms with Gasteiger partial charge in [-0.2, -0.15) is 0 Å². The number of methoxy groups -OCH3 is 1. The Hall–Kier alpha value is -3.49. The molecule has 0 aliphatic carbocycles. The van der Waals surface area contributed by atoms with Gasteiger partial charge in [0.05, 0.1) is 29.9 Å². The highest BCUT2D eigenvalue weighted by molar-refractivity contribution is 6.11. The van der Waals surface area contributed by atoms with Crippen LogP contribution in [0.5, 0.6) is 5.88 Å². The Morgan fingerprint density at radius 1 is 1.31 bits per heavy atom. The number of rotatable bonds is 6. The van der Waals surface area contributed by atoms with Crippen molar-refractivity contribution in [2.24, 2.45) is 0 Å². The van der Waals surface area contributed by atoms with E-state index in [1.54, 1.807) is 18.2 Å². The van der Waals surface area contributed by atoms with Gasteiger partial charge in [-0.15, -0.1) is 0 Å². The van der Waals surface area contributed by atoms with Crippen LogP contribution in [0.3, 0.4) is 0 Å². The summed E-state index contributed by atoms with van der Waals surface area (Å²) in [5.74, 6) is -0.0731. The van der Waals surface area contributed by atoms with Crippen molar-refractivity contribution in [1.29, 1.82) is 0 Å². The summed E-state index contributed by atoms with van der Waals surface area (Å²) in [5, 5.41) is 2.82. The monoisotopic (exact) mass is 397 g/mol. The number of nitrogens with zero attached hydrogens (tertiary/aromatic N) is 3. The summed E-state index contributed by atoms with van der Waals surface area (Å²) in [4.78, 5) is 48.8. The maximum absolute atomic E-state index is 13.0. The molecule has 0 saturated carbocycles. The average Bonchev–Trinajstić information content (AvgIpc) is 2.70. The molecule has 9 heteroatoms. The molecule has 3 aromatic heterocycles. The molecule has 0 unspecified atom stereocenters. The van der Waals surface area contributed by atoms with Gasteiger partial charge in [-0.3, -0.25) is 19.1 Å². The second kappa shape index (κ2) is 8.26. The van der Waals surface area contributed by atoms with Crippen LogP contribution >= 0.6 is 0 Å². The molecule has 0 aliphatic rings. The van der Waals surface area contributed by atoms with Crippen LogP contribution < -0.4 is 21.3 Å². The van der Waals surface area contributed by atoms with Crippen LogP contribution in [0.2, 0.25) is 0 Å². The van der Waals surface area contributed by atoms with E-state index in [1.807, 2.05) is 20.8 Å². The molecule has 0 bridgehead atoms. The van der Waals surface area contributed by atoms with Gasteiger partial charge in [0.2, 0.25) is 5.88 Å². The minimum absolute atomic E-state index is 0.00179. The van der Waals surface area contributed by atoms with Gasteiger partial charge in [0.15, 0.2) is 5.65 Å². The first kappa shape index (κ1) is 20.2. The fourth-order valence-electron chi connectivity index (χ4n) is 2.97. The van der Waals surface area contributed by atoms with Crippen LogP contribution in [0.4, 0.5) is 5.69 Å². The van der Waals surface area contributed by atoms with Crippen molar-refractivity contribution < 1.29 is 9.53 Å². The van der Waals surface area contributed by atoms with Gasteiger partial charge in [0.25, 0.3) is 11.5 Å². The highest BCUT2D eigenvalue weighted by Crippen LogP contribution is 2.21. The number of hydrogen-bond acceptors (Lipinski definition) is 6. The van der Waals surface area contributed by atoms with E-state index < -0.39 is 17.2 Å². The molecule has 3 rings (SSSR count). The van der Waals surface area contributed by atoms with Crippen molar-refractivity contribution in [2.75, 3.05) is 12.4 Å². The Bertz CT molecular complexity index is 1160. The van der Waals surface area contributed by atoms with Crippen LogP contribution in [0.1, 0.15) is 49.2 Å². The number of aryl methyl sites for hydroxylation is 1. The molecule has 0 aromatic carbocycles. The highest BCUT2D eigenvalue weighted by atomic mass is 16.5. The van der Waals surface area contributed by atoms with Gasteiger partial charge in [0, 0.05) is 18.3 Å². The number of aromatic amines is 1. The third-order valence-electron chi connectivity index (χ3n) is 4.46. The maximum atomic E-state index is 13.0. The van der Waals surface area contributed by atoms with E-state index in [2.05, 4.69) is 20.3 Å². The predicted molar refractivity (Wildman–Crippen MR) is 110 cm³/mol. The molecule has 152 valence electrons. The molecule has 0 radical (unpaired) electrons. The van der Waals surface area contributed by atoms with Crippen molar-refractivity contribution in [3.8, 4) is 5.88 Å². The summed E-state index contributed by atoms with van der Waals surface area (Å²) < 4.78 is 6.41. The second-order valence-corrected chi connectivity index (χ2v) is 6.90. The zero-order valence-electron chi connectivity index (χ0n) is 16.8. The summed E-state index contributed by atoms with van der Waals surface area (Å²) >= 11 is 0. The Morgan fingerprint density at radius 3 is 2.66 bits per heavy atom. The van der Waals surface area contributed by atoms with E-state index in [0.29, 0.717) is 30.2 Å². The van der Waals surface area contributed by atoms with Crippen LogP contribution in [-0.4, -0.2) is 32.5 Å². The molecule has 9 nitrogen and oxygen atoms in total. The topological polar surface area (TPSA) is 119 Å². The number of H-pyrrole nitrogens is 1. The summed E-state index contributed by atoms with van der Waals surface area (Å²) in [6.45, 7) is 6.15. The third kappa shape index (κ3) is 4.03. The van der Waals surface area contributed by atoms with Crippen molar-refractivity contribution >= 4 is 22.6 Å². The summed E-state index contributed by atoms with van der Waals surface area (Å²) in [6.07, 6.45) is 2.13. The van der Waals surface area contributed by atoms with E-state index in [4.69, 9.17) is 4.74 Å². The number of pyridine rings is 2. The van der Waals surface area contributed by atoms with Gasteiger partial charge < -0.3 is 10.1 Å². The number of carbonyl (C=O) groups excluding carboxylic acids is 1. The third-order valence-corrected chi connectivity index (χ3v) is 4.46. The van der Waals surface area contributed by atoms with E-state index in [-0.39, 0.29) is 22.5 Å². The Morgan fingerprint density at radius 2 is 2.07 bits per heavy atom. The Kier molecular flexibility index (Phi) is 5.76. The van der Waals surface area contributed by atoms with E-state index in [9.17, 15) is 14.4 Å². The summed E-state index contributed by atoms with van der Waals surface area (Å²) in [5.41, 5.74) is 0.252. The fourth-order valence-corrected chi connectivity index (χ4v) is 2.97. The number of carbonyl (C=O) groups is 1. The molecule has 0 fully saturated rings. The zero-order chi connectivity index (χ0) is 21.1. The highest BCUT2D eigenvalue weighted by Gasteiger charge is 2.20. The van der Waals surface area contributed by atoms with Crippen LogP contribution in [0.15, 0.2) is 34.0 Å². The van der Waals surface area contributed by atoms with Crippen LogP contribution in [0, 0.1) is 0 Å². The number of ether oxygens (including phenoxy) is 1. The number of amides is 1. The molecular formula is C20H23N5O4. The molecular weight excluding hydrogens is 374 g/mol. The Balaban J connectivity index is 2.19. The lowest BCUT2D eigenvalue weighted by atomic mass is 10.0. The Labute approximate surface area is 166 Å². The summed E-state index contributed by atoms with van der Waals surface area (Å²) in [6, 6.07) is 4.86. The SMILES string of the molecule is CCCn1c(=O)[nH]c(=O)c2c(C(=O)Nc3ccc(OC)nc3)cc(C(C)C)nc21. The first-order valence-electron chi connectivity index (χ1n) is 9.34. The van der Waals surface area contributed by atoms with Gasteiger partial charge in [0.1, 0.15) is 0 Å². The smallest absolute Gasteiger partial charge is 0.329 e. The van der Waals surface area contributed by atoms with Gasteiger partial charge >= 0.3 is 5.69 Å². The fraction of sp³-hybridized carbons (Fsp3) is 0.350. The molecule has 2 N–H and O–H groups in total. The lowest BCUT2D eigenvalue weighted by molar-refractivity contribution is 0.102. The first-order valence-corrected chi connectivity index (χ1v) is 9.34.